The number of benzene rings is 3. The molecule has 0 aliphatic heterocycles. The number of sulfonamides is 1. The third-order valence-corrected chi connectivity index (χ3v) is 10.6. The van der Waals surface area contributed by atoms with E-state index in [1.807, 2.05) is 0 Å². The lowest BCUT2D eigenvalue weighted by molar-refractivity contribution is -0.385. The molecule has 14 heteroatoms. The number of nitrogens with one attached hydrogen (secondary N) is 1. The average Bonchev–Trinajstić information content (AvgIpc) is 3.04. The summed E-state index contributed by atoms with van der Waals surface area (Å²) < 4.78 is 34.9. The number of anilines is 1. The summed E-state index contributed by atoms with van der Waals surface area (Å²) in [7, 11) is -3.31. The standard InChI is InChI=1S/C33H38Cl2N4O7S/c1-4-28(33(41)36-25-11-6-5-7-12-25)37(20-23-10-8-9-13-27(23)35)32(40)21-38(30-18-24(34)15-17-31(30)46-3)47(44,45)26-16-14-22(2)29(19-26)39(42)43/h8-10,13-19,25,28H,4-7,11-12,20-21H2,1-3H3,(H,36,41). The van der Waals surface area contributed by atoms with Gasteiger partial charge in [-0.2, -0.15) is 0 Å². The van der Waals surface area contributed by atoms with Crippen molar-refractivity contribution < 1.29 is 27.7 Å². The highest BCUT2D eigenvalue weighted by Crippen LogP contribution is 2.36. The van der Waals surface area contributed by atoms with Gasteiger partial charge < -0.3 is 15.0 Å². The molecule has 4 rings (SSSR count). The van der Waals surface area contributed by atoms with Crippen molar-refractivity contribution in [2.75, 3.05) is 18.0 Å². The van der Waals surface area contributed by atoms with Crippen LogP contribution in [0.4, 0.5) is 11.4 Å². The molecule has 1 N–H and O–H groups in total. The van der Waals surface area contributed by atoms with E-state index >= 15 is 0 Å². The Morgan fingerprint density at radius 1 is 1.06 bits per heavy atom. The molecule has 0 radical (unpaired) electrons. The maximum atomic E-state index is 14.4. The van der Waals surface area contributed by atoms with Gasteiger partial charge in [0, 0.05) is 34.3 Å². The van der Waals surface area contributed by atoms with Gasteiger partial charge in [0.1, 0.15) is 18.3 Å². The average molecular weight is 706 g/mol. The van der Waals surface area contributed by atoms with Gasteiger partial charge in [-0.3, -0.25) is 24.0 Å². The predicted molar refractivity (Wildman–Crippen MR) is 181 cm³/mol. The molecule has 252 valence electrons. The first kappa shape index (κ1) is 36.0. The van der Waals surface area contributed by atoms with Crippen LogP contribution >= 0.6 is 23.2 Å². The summed E-state index contributed by atoms with van der Waals surface area (Å²) in [5, 5.41) is 15.4. The van der Waals surface area contributed by atoms with Crippen LogP contribution < -0.4 is 14.4 Å². The minimum Gasteiger partial charge on any atom is -0.495 e. The molecule has 1 aliphatic rings. The first-order chi connectivity index (χ1) is 22.4. The zero-order chi connectivity index (χ0) is 34.3. The Labute approximate surface area is 285 Å². The van der Waals surface area contributed by atoms with E-state index in [9.17, 15) is 28.1 Å². The summed E-state index contributed by atoms with van der Waals surface area (Å²) in [6.07, 6.45) is 5.01. The molecule has 1 saturated carbocycles. The Balaban J connectivity index is 1.81. The molecule has 1 unspecified atom stereocenters. The summed E-state index contributed by atoms with van der Waals surface area (Å²) in [6, 6.07) is 13.7. The van der Waals surface area contributed by atoms with Crippen molar-refractivity contribution in [2.45, 2.75) is 75.9 Å². The Hall–Kier alpha value is -3.87. The Kier molecular flexibility index (Phi) is 12.1. The lowest BCUT2D eigenvalue weighted by Crippen LogP contribution is -2.54. The Morgan fingerprint density at radius 3 is 2.40 bits per heavy atom. The lowest BCUT2D eigenvalue weighted by atomic mass is 9.95. The van der Waals surface area contributed by atoms with E-state index in [0.717, 1.165) is 42.5 Å². The molecular weight excluding hydrogens is 667 g/mol. The number of nitro benzene ring substituents is 1. The molecule has 11 nitrogen and oxygen atoms in total. The third-order valence-electron chi connectivity index (χ3n) is 8.29. The number of carbonyl (C=O) groups is 2. The van der Waals surface area contributed by atoms with Gasteiger partial charge in [-0.1, -0.05) is 73.7 Å². The van der Waals surface area contributed by atoms with Crippen LogP contribution in [0.1, 0.15) is 56.6 Å². The van der Waals surface area contributed by atoms with Crippen LogP contribution in [0.25, 0.3) is 0 Å². The number of nitrogens with zero attached hydrogens (tertiary/aromatic N) is 3. The zero-order valence-corrected chi connectivity index (χ0v) is 28.8. The van der Waals surface area contributed by atoms with Gasteiger partial charge in [0.05, 0.1) is 22.6 Å². The molecule has 47 heavy (non-hydrogen) atoms. The van der Waals surface area contributed by atoms with Crippen molar-refractivity contribution in [1.82, 2.24) is 10.2 Å². The summed E-state index contributed by atoms with van der Waals surface area (Å²) in [4.78, 5) is 40.2. The van der Waals surface area contributed by atoms with Crippen LogP contribution in [0, 0.1) is 17.0 Å². The number of hydrogen-bond acceptors (Lipinski definition) is 7. The van der Waals surface area contributed by atoms with Crippen LogP contribution in [-0.2, 0) is 26.2 Å². The van der Waals surface area contributed by atoms with Crippen molar-refractivity contribution in [3.8, 4) is 5.75 Å². The van der Waals surface area contributed by atoms with Gasteiger partial charge in [0.25, 0.3) is 15.7 Å². The van der Waals surface area contributed by atoms with Crippen LogP contribution in [0.3, 0.4) is 0 Å². The van der Waals surface area contributed by atoms with Gasteiger partial charge in [0.15, 0.2) is 0 Å². The first-order valence-corrected chi connectivity index (χ1v) is 17.5. The maximum absolute atomic E-state index is 14.4. The number of amides is 2. The number of hydrogen-bond donors (Lipinski definition) is 1. The monoisotopic (exact) mass is 704 g/mol. The molecule has 0 saturated heterocycles. The van der Waals surface area contributed by atoms with Crippen LogP contribution in [0.5, 0.6) is 5.75 Å². The number of halogens is 2. The second-order valence-electron chi connectivity index (χ2n) is 11.4. The van der Waals surface area contributed by atoms with Crippen molar-refractivity contribution in [3.05, 3.63) is 92.0 Å². The van der Waals surface area contributed by atoms with E-state index in [1.54, 1.807) is 31.2 Å². The fourth-order valence-corrected chi connectivity index (χ4v) is 7.52. The molecule has 1 aliphatic carbocycles. The van der Waals surface area contributed by atoms with Gasteiger partial charge in [-0.15, -0.1) is 0 Å². The van der Waals surface area contributed by atoms with Crippen molar-refractivity contribution in [2.24, 2.45) is 0 Å². The zero-order valence-electron chi connectivity index (χ0n) is 26.4. The molecule has 3 aromatic rings. The van der Waals surface area contributed by atoms with E-state index < -0.39 is 44.0 Å². The van der Waals surface area contributed by atoms with E-state index in [2.05, 4.69) is 5.32 Å². The van der Waals surface area contributed by atoms with Gasteiger partial charge in [-0.05, 0) is 62.1 Å². The van der Waals surface area contributed by atoms with E-state index in [-0.39, 0.29) is 46.9 Å². The third kappa shape index (κ3) is 8.54. The number of methoxy groups -OCH3 is 1. The lowest BCUT2D eigenvalue weighted by Gasteiger charge is -2.35. The molecule has 0 spiro atoms. The minimum absolute atomic E-state index is 0.0208. The SMILES string of the molecule is CCC(C(=O)NC1CCCCC1)N(Cc1ccccc1Cl)C(=O)CN(c1cc(Cl)ccc1OC)S(=O)(=O)c1ccc(C)c([N+](=O)[O-])c1. The molecule has 0 heterocycles. The fourth-order valence-electron chi connectivity index (χ4n) is 5.72. The number of aryl methyl sites for hydroxylation is 1. The number of ether oxygens (including phenoxy) is 1. The smallest absolute Gasteiger partial charge is 0.273 e. The maximum Gasteiger partial charge on any atom is 0.273 e. The fraction of sp³-hybridized carbons (Fsp3) is 0.394. The van der Waals surface area contributed by atoms with Crippen LogP contribution in [-0.4, -0.2) is 55.8 Å². The van der Waals surface area contributed by atoms with E-state index in [4.69, 9.17) is 27.9 Å². The van der Waals surface area contributed by atoms with Crippen molar-refractivity contribution in [1.29, 1.82) is 0 Å². The normalized spacial score (nSPS) is 14.2. The number of rotatable bonds is 13. The minimum atomic E-state index is -4.65. The molecular formula is C33H38Cl2N4O7S. The highest BCUT2D eigenvalue weighted by Gasteiger charge is 2.36. The van der Waals surface area contributed by atoms with Crippen molar-refractivity contribution >= 4 is 56.4 Å². The Bertz CT molecular complexity index is 1730. The van der Waals surface area contributed by atoms with Gasteiger partial charge >= 0.3 is 0 Å². The summed E-state index contributed by atoms with van der Waals surface area (Å²) in [5.41, 5.74) is 0.364. The highest BCUT2D eigenvalue weighted by molar-refractivity contribution is 7.92. The molecule has 1 fully saturated rings. The summed E-state index contributed by atoms with van der Waals surface area (Å²) >= 11 is 12.8. The predicted octanol–water partition coefficient (Wildman–Crippen LogP) is 6.67. The summed E-state index contributed by atoms with van der Waals surface area (Å²) in [6.45, 7) is 2.41. The second-order valence-corrected chi connectivity index (χ2v) is 14.1. The largest absolute Gasteiger partial charge is 0.495 e. The summed E-state index contributed by atoms with van der Waals surface area (Å²) in [5.74, 6) is -0.960. The first-order valence-electron chi connectivity index (χ1n) is 15.3. The molecule has 0 bridgehead atoms. The topological polar surface area (TPSA) is 139 Å². The number of carbonyl (C=O) groups excluding carboxylic acids is 2. The van der Waals surface area contributed by atoms with Crippen LogP contribution in [0.15, 0.2) is 65.6 Å². The van der Waals surface area contributed by atoms with Crippen molar-refractivity contribution in [3.63, 3.8) is 0 Å². The molecule has 0 aromatic heterocycles. The van der Waals surface area contributed by atoms with Gasteiger partial charge in [-0.25, -0.2) is 8.42 Å². The quantitative estimate of drug-likeness (QED) is 0.155. The van der Waals surface area contributed by atoms with Gasteiger partial charge in [0.2, 0.25) is 11.8 Å². The molecule has 1 atom stereocenters. The molecule has 3 aromatic carbocycles. The molecule has 2 amide bonds. The number of nitro groups is 1. The van der Waals surface area contributed by atoms with Crippen LogP contribution in [0.2, 0.25) is 10.0 Å². The van der Waals surface area contributed by atoms with E-state index in [1.165, 1.54) is 49.3 Å². The van der Waals surface area contributed by atoms with E-state index in [0.29, 0.717) is 10.6 Å². The highest BCUT2D eigenvalue weighted by atomic mass is 35.5. The second kappa shape index (κ2) is 15.8. The Morgan fingerprint density at radius 2 is 1.77 bits per heavy atom.